The van der Waals surface area contributed by atoms with E-state index in [0.29, 0.717) is 0 Å². The van der Waals surface area contributed by atoms with Crippen LogP contribution in [-0.2, 0) is 6.54 Å². The van der Waals surface area contributed by atoms with Gasteiger partial charge in [-0.25, -0.2) is 0 Å². The lowest BCUT2D eigenvalue weighted by Crippen LogP contribution is -2.20. The number of fused-ring (bicyclic) bond motifs is 1. The van der Waals surface area contributed by atoms with Crippen molar-refractivity contribution in [1.29, 1.82) is 0 Å². The number of hydrogen-bond donors (Lipinski definition) is 1. The van der Waals surface area contributed by atoms with Gasteiger partial charge < -0.3 is 9.55 Å². The van der Waals surface area contributed by atoms with E-state index in [1.54, 1.807) is 0 Å². The van der Waals surface area contributed by atoms with Crippen molar-refractivity contribution in [3.63, 3.8) is 0 Å². The molecule has 2 heterocycles. The lowest BCUT2D eigenvalue weighted by Gasteiger charge is -2.07. The van der Waals surface area contributed by atoms with E-state index >= 15 is 0 Å². The van der Waals surface area contributed by atoms with Gasteiger partial charge in [-0.3, -0.25) is 4.79 Å². The summed E-state index contributed by atoms with van der Waals surface area (Å²) in [4.78, 5) is 15.4. The molecule has 3 nitrogen and oxygen atoms in total. The van der Waals surface area contributed by atoms with E-state index in [9.17, 15) is 4.79 Å². The number of aromatic nitrogens is 2. The van der Waals surface area contributed by atoms with Crippen LogP contribution in [0.4, 0.5) is 0 Å². The van der Waals surface area contributed by atoms with Gasteiger partial charge in [-0.2, -0.15) is 0 Å². The Hall–Kier alpha value is -1.51. The number of nitrogens with zero attached hydrogens (tertiary/aromatic N) is 1. The number of hydrogen-bond acceptors (Lipinski definition) is 1. The van der Waals surface area contributed by atoms with Crippen LogP contribution >= 0.6 is 0 Å². The topological polar surface area (TPSA) is 37.8 Å². The molecule has 0 radical (unpaired) electrons. The molecule has 1 N–H and O–H groups in total. The molecule has 2 aromatic heterocycles. The molecule has 17 heavy (non-hydrogen) atoms. The van der Waals surface area contributed by atoms with Crippen LogP contribution in [0, 0.1) is 19.8 Å². The predicted octanol–water partition coefficient (Wildman–Crippen LogP) is 2.75. The molecular weight excluding hydrogens is 212 g/mol. The van der Waals surface area contributed by atoms with E-state index in [4.69, 9.17) is 0 Å². The first-order valence-electron chi connectivity index (χ1n) is 6.34. The Morgan fingerprint density at radius 1 is 1.41 bits per heavy atom. The lowest BCUT2D eigenvalue weighted by molar-refractivity contribution is 0.583. The molecular formula is C14H18N2O. The zero-order valence-corrected chi connectivity index (χ0v) is 10.4. The quantitative estimate of drug-likeness (QED) is 0.865. The average Bonchev–Trinajstić information content (AvgIpc) is 3.03. The third-order valence-electron chi connectivity index (χ3n) is 3.68. The first-order chi connectivity index (χ1) is 8.15. The summed E-state index contributed by atoms with van der Waals surface area (Å²) in [6, 6.07) is 2.05. The van der Waals surface area contributed by atoms with Gasteiger partial charge in [0.1, 0.15) is 5.52 Å². The maximum absolute atomic E-state index is 12.3. The molecule has 1 aliphatic carbocycles. The standard InChI is InChI=1S/C14H18N2O/c1-9-8-16(6-5-11-3-4-11)14(17)13-12(9)7-10(2)15-13/h7-8,11,15H,3-6H2,1-2H3. The molecule has 0 amide bonds. The molecule has 0 aromatic carbocycles. The Labute approximate surface area is 100 Å². The Bertz CT molecular complexity index is 617. The zero-order chi connectivity index (χ0) is 12.0. The molecule has 0 unspecified atom stereocenters. The minimum absolute atomic E-state index is 0.124. The van der Waals surface area contributed by atoms with Crippen molar-refractivity contribution in [2.24, 2.45) is 5.92 Å². The van der Waals surface area contributed by atoms with E-state index in [1.165, 1.54) is 18.4 Å². The average molecular weight is 230 g/mol. The maximum Gasteiger partial charge on any atom is 0.274 e. The summed E-state index contributed by atoms with van der Waals surface area (Å²) in [5, 5.41) is 1.06. The van der Waals surface area contributed by atoms with E-state index in [0.717, 1.165) is 35.5 Å². The van der Waals surface area contributed by atoms with Gasteiger partial charge in [0.05, 0.1) is 0 Å². The predicted molar refractivity (Wildman–Crippen MR) is 69.4 cm³/mol. The summed E-state index contributed by atoms with van der Waals surface area (Å²) < 4.78 is 1.87. The highest BCUT2D eigenvalue weighted by Crippen LogP contribution is 2.32. The van der Waals surface area contributed by atoms with E-state index in [1.807, 2.05) is 17.7 Å². The molecule has 0 saturated heterocycles. The molecule has 90 valence electrons. The summed E-state index contributed by atoms with van der Waals surface area (Å²) in [5.74, 6) is 0.864. The second-order valence-electron chi connectivity index (χ2n) is 5.28. The third kappa shape index (κ3) is 1.90. The van der Waals surface area contributed by atoms with Crippen molar-refractivity contribution >= 4 is 10.9 Å². The Morgan fingerprint density at radius 2 is 2.18 bits per heavy atom. The van der Waals surface area contributed by atoms with Crippen LogP contribution in [0.3, 0.4) is 0 Å². The molecule has 0 aliphatic heterocycles. The van der Waals surface area contributed by atoms with E-state index in [2.05, 4.69) is 18.0 Å². The summed E-state index contributed by atoms with van der Waals surface area (Å²) >= 11 is 0. The van der Waals surface area contributed by atoms with Gasteiger partial charge in [0.25, 0.3) is 5.56 Å². The van der Waals surface area contributed by atoms with Gasteiger partial charge in [-0.15, -0.1) is 0 Å². The van der Waals surface area contributed by atoms with Crippen LogP contribution in [0.1, 0.15) is 30.5 Å². The van der Waals surface area contributed by atoms with Crippen LogP contribution in [0.25, 0.3) is 10.9 Å². The molecule has 3 heteroatoms. The van der Waals surface area contributed by atoms with Crippen LogP contribution < -0.4 is 5.56 Å². The molecule has 1 saturated carbocycles. The van der Waals surface area contributed by atoms with Crippen molar-refractivity contribution in [1.82, 2.24) is 9.55 Å². The second-order valence-corrected chi connectivity index (χ2v) is 5.28. The lowest BCUT2D eigenvalue weighted by atomic mass is 10.2. The number of aromatic amines is 1. The van der Waals surface area contributed by atoms with E-state index in [-0.39, 0.29) is 5.56 Å². The van der Waals surface area contributed by atoms with E-state index < -0.39 is 0 Å². The summed E-state index contributed by atoms with van der Waals surface area (Å²) in [6.07, 6.45) is 5.83. The minimum Gasteiger partial charge on any atom is -0.354 e. The SMILES string of the molecule is Cc1cc2c(C)cn(CCC3CC3)c(=O)c2[nH]1. The number of H-pyrrole nitrogens is 1. The van der Waals surface area contributed by atoms with Crippen LogP contribution in [0.15, 0.2) is 17.1 Å². The molecule has 2 aromatic rings. The maximum atomic E-state index is 12.3. The molecule has 0 bridgehead atoms. The zero-order valence-electron chi connectivity index (χ0n) is 10.4. The van der Waals surface area contributed by atoms with Crippen LogP contribution in [0.5, 0.6) is 0 Å². The molecule has 1 aliphatic rings. The Kier molecular flexibility index (Phi) is 2.35. The van der Waals surface area contributed by atoms with Crippen LogP contribution in [-0.4, -0.2) is 9.55 Å². The molecule has 1 fully saturated rings. The fraction of sp³-hybridized carbons (Fsp3) is 0.500. The highest BCUT2D eigenvalue weighted by Gasteiger charge is 2.21. The second kappa shape index (κ2) is 3.76. The number of nitrogens with one attached hydrogen (secondary N) is 1. The summed E-state index contributed by atoms with van der Waals surface area (Å²) in [6.45, 7) is 4.93. The number of pyridine rings is 1. The van der Waals surface area contributed by atoms with Crippen molar-refractivity contribution in [2.75, 3.05) is 0 Å². The van der Waals surface area contributed by atoms with Gasteiger partial charge in [0.2, 0.25) is 0 Å². The molecule has 0 spiro atoms. The van der Waals surface area contributed by atoms with Crippen molar-refractivity contribution in [3.8, 4) is 0 Å². The highest BCUT2D eigenvalue weighted by atomic mass is 16.1. The Morgan fingerprint density at radius 3 is 2.88 bits per heavy atom. The van der Waals surface area contributed by atoms with Gasteiger partial charge in [-0.1, -0.05) is 12.8 Å². The highest BCUT2D eigenvalue weighted by molar-refractivity contribution is 5.82. The first kappa shape index (κ1) is 10.6. The van der Waals surface area contributed by atoms with Crippen molar-refractivity contribution in [2.45, 2.75) is 39.7 Å². The number of aryl methyl sites for hydroxylation is 3. The largest absolute Gasteiger partial charge is 0.354 e. The fourth-order valence-corrected chi connectivity index (χ4v) is 2.47. The van der Waals surface area contributed by atoms with Crippen molar-refractivity contribution in [3.05, 3.63) is 33.9 Å². The van der Waals surface area contributed by atoms with Gasteiger partial charge in [-0.05, 0) is 37.8 Å². The van der Waals surface area contributed by atoms with Gasteiger partial charge in [0, 0.05) is 23.8 Å². The fourth-order valence-electron chi connectivity index (χ4n) is 2.47. The summed E-state index contributed by atoms with van der Waals surface area (Å²) in [7, 11) is 0. The van der Waals surface area contributed by atoms with Gasteiger partial charge >= 0.3 is 0 Å². The monoisotopic (exact) mass is 230 g/mol. The molecule has 0 atom stereocenters. The normalized spacial score (nSPS) is 15.6. The van der Waals surface area contributed by atoms with Crippen molar-refractivity contribution < 1.29 is 0 Å². The summed E-state index contributed by atoms with van der Waals surface area (Å²) in [5.41, 5.74) is 3.12. The smallest absolute Gasteiger partial charge is 0.274 e. The third-order valence-corrected chi connectivity index (χ3v) is 3.68. The molecule has 3 rings (SSSR count). The van der Waals surface area contributed by atoms with Crippen LogP contribution in [0.2, 0.25) is 0 Å². The Balaban J connectivity index is 2.05. The van der Waals surface area contributed by atoms with Gasteiger partial charge in [0.15, 0.2) is 0 Å². The number of rotatable bonds is 3. The first-order valence-corrected chi connectivity index (χ1v) is 6.34. The minimum atomic E-state index is 0.124.